The van der Waals surface area contributed by atoms with Crippen LogP contribution in [0.15, 0.2) is 26.6 Å². The minimum Gasteiger partial charge on any atom is -0.383 e. The minimum atomic E-state index is -0.201. The third kappa shape index (κ3) is 2.85. The van der Waals surface area contributed by atoms with Crippen LogP contribution in [0.25, 0.3) is 0 Å². The second-order valence-corrected chi connectivity index (χ2v) is 6.36. The summed E-state index contributed by atoms with van der Waals surface area (Å²) in [5, 5.41) is 6.33. The van der Waals surface area contributed by atoms with Crippen molar-refractivity contribution in [2.24, 2.45) is 5.73 Å². The van der Waals surface area contributed by atoms with Crippen LogP contribution in [-0.4, -0.2) is 23.5 Å². The van der Waals surface area contributed by atoms with Crippen LogP contribution in [0, 0.1) is 0 Å². The molecule has 2 aromatic rings. The van der Waals surface area contributed by atoms with Crippen LogP contribution in [0.5, 0.6) is 0 Å². The summed E-state index contributed by atoms with van der Waals surface area (Å²) in [4.78, 5) is 1.09. The fraction of sp³-hybridized carbons (Fsp3) is 0.364. The van der Waals surface area contributed by atoms with Crippen LogP contribution in [0.1, 0.15) is 16.6 Å². The van der Waals surface area contributed by atoms with Gasteiger partial charge in [-0.05, 0) is 43.3 Å². The fourth-order valence-electron chi connectivity index (χ4n) is 1.69. The van der Waals surface area contributed by atoms with Gasteiger partial charge in [0.25, 0.3) is 0 Å². The maximum absolute atomic E-state index is 6.33. The molecule has 2 heterocycles. The van der Waals surface area contributed by atoms with E-state index in [0.29, 0.717) is 13.2 Å². The minimum absolute atomic E-state index is 0.201. The van der Waals surface area contributed by atoms with Crippen LogP contribution in [0.3, 0.4) is 0 Å². The van der Waals surface area contributed by atoms with Crippen LogP contribution < -0.4 is 5.73 Å². The first kappa shape index (κ1) is 14.2. The van der Waals surface area contributed by atoms with Gasteiger partial charge in [-0.3, -0.25) is 4.68 Å². The highest BCUT2D eigenvalue weighted by atomic mass is 79.9. The van der Waals surface area contributed by atoms with Crippen molar-refractivity contribution < 1.29 is 4.74 Å². The molecule has 2 rings (SSSR count). The molecule has 0 fully saturated rings. The lowest BCUT2D eigenvalue weighted by atomic mass is 10.2. The summed E-state index contributed by atoms with van der Waals surface area (Å²) < 4.78 is 8.92. The predicted octanol–water partition coefficient (Wildman–Crippen LogP) is 3.16. The summed E-state index contributed by atoms with van der Waals surface area (Å²) >= 11 is 8.65. The van der Waals surface area contributed by atoms with E-state index >= 15 is 0 Å². The number of nitrogens with two attached hydrogens (primary N) is 1. The van der Waals surface area contributed by atoms with E-state index < -0.39 is 0 Å². The van der Waals surface area contributed by atoms with Gasteiger partial charge >= 0.3 is 0 Å². The molecule has 98 valence electrons. The molecule has 0 aromatic carbocycles. The van der Waals surface area contributed by atoms with E-state index in [4.69, 9.17) is 10.5 Å². The predicted molar refractivity (Wildman–Crippen MR) is 79.9 cm³/mol. The zero-order valence-corrected chi connectivity index (χ0v) is 13.8. The summed E-state index contributed by atoms with van der Waals surface area (Å²) in [6.07, 6.45) is 1.77. The number of ether oxygens (including phenoxy) is 1. The van der Waals surface area contributed by atoms with Gasteiger partial charge in [0.2, 0.25) is 0 Å². The molecule has 2 N–H and O–H groups in total. The number of hydrogen-bond acceptors (Lipinski definition) is 4. The van der Waals surface area contributed by atoms with E-state index in [9.17, 15) is 0 Å². The zero-order chi connectivity index (χ0) is 13.1. The van der Waals surface area contributed by atoms with E-state index in [1.54, 1.807) is 24.6 Å². The number of nitrogens with zero attached hydrogens (tertiary/aromatic N) is 2. The average Bonchev–Trinajstić information content (AvgIpc) is 2.92. The van der Waals surface area contributed by atoms with E-state index in [1.165, 1.54) is 0 Å². The summed E-state index contributed by atoms with van der Waals surface area (Å²) in [6.45, 7) is 1.30. The maximum Gasteiger partial charge on any atom is 0.0839 e. The lowest BCUT2D eigenvalue weighted by Crippen LogP contribution is -2.19. The Balaban J connectivity index is 2.32. The topological polar surface area (TPSA) is 53.1 Å². The molecule has 1 atom stereocenters. The Morgan fingerprint density at radius 1 is 1.50 bits per heavy atom. The molecule has 4 nitrogen and oxygen atoms in total. The third-order valence-corrected chi connectivity index (χ3v) is 5.13. The molecule has 1 unspecified atom stereocenters. The van der Waals surface area contributed by atoms with Crippen molar-refractivity contribution in [3.05, 3.63) is 37.2 Å². The molecule has 18 heavy (non-hydrogen) atoms. The molecule has 0 aliphatic rings. The molecular formula is C11H13Br2N3OS. The van der Waals surface area contributed by atoms with Gasteiger partial charge in [-0.2, -0.15) is 5.10 Å². The molecule has 0 aliphatic heterocycles. The Morgan fingerprint density at radius 2 is 2.28 bits per heavy atom. The first-order chi connectivity index (χ1) is 8.65. The molecule has 7 heteroatoms. The molecule has 0 radical (unpaired) electrons. The van der Waals surface area contributed by atoms with Gasteiger partial charge in [-0.15, -0.1) is 11.3 Å². The Morgan fingerprint density at radius 3 is 2.89 bits per heavy atom. The molecule has 0 amide bonds. The molecule has 0 saturated carbocycles. The Kier molecular flexibility index (Phi) is 4.97. The van der Waals surface area contributed by atoms with E-state index in [1.807, 2.05) is 16.1 Å². The van der Waals surface area contributed by atoms with Crippen molar-refractivity contribution in [3.8, 4) is 0 Å². The van der Waals surface area contributed by atoms with E-state index in [2.05, 4.69) is 37.0 Å². The molecule has 0 saturated heterocycles. The lowest BCUT2D eigenvalue weighted by Gasteiger charge is -2.14. The summed E-state index contributed by atoms with van der Waals surface area (Å²) in [7, 11) is 1.67. The first-order valence-corrected chi connectivity index (χ1v) is 7.80. The Bertz CT molecular complexity index is 526. The SMILES string of the molecule is COCCn1ncc(Br)c1C(N)c1sccc1Br. The Hall–Kier alpha value is -0.210. The van der Waals surface area contributed by atoms with Crippen molar-refractivity contribution in [3.63, 3.8) is 0 Å². The second kappa shape index (κ2) is 6.29. The van der Waals surface area contributed by atoms with Gasteiger partial charge in [0.1, 0.15) is 0 Å². The highest BCUT2D eigenvalue weighted by molar-refractivity contribution is 9.10. The maximum atomic E-state index is 6.33. The highest BCUT2D eigenvalue weighted by Gasteiger charge is 2.21. The molecule has 0 bridgehead atoms. The number of hydrogen-bond donors (Lipinski definition) is 1. The fourth-order valence-corrected chi connectivity index (χ4v) is 3.86. The zero-order valence-electron chi connectivity index (χ0n) is 9.77. The van der Waals surface area contributed by atoms with E-state index in [0.717, 1.165) is 19.5 Å². The van der Waals surface area contributed by atoms with Crippen molar-refractivity contribution >= 4 is 43.2 Å². The molecular weight excluding hydrogens is 382 g/mol. The monoisotopic (exact) mass is 393 g/mol. The van der Waals surface area contributed by atoms with Gasteiger partial charge < -0.3 is 10.5 Å². The number of rotatable bonds is 5. The number of aromatic nitrogens is 2. The number of thiophene rings is 1. The van der Waals surface area contributed by atoms with Crippen LogP contribution in [0.4, 0.5) is 0 Å². The lowest BCUT2D eigenvalue weighted by molar-refractivity contribution is 0.182. The Labute approximate surface area is 126 Å². The highest BCUT2D eigenvalue weighted by Crippen LogP contribution is 2.34. The van der Waals surface area contributed by atoms with Gasteiger partial charge in [0.15, 0.2) is 0 Å². The molecule has 0 aliphatic carbocycles. The first-order valence-electron chi connectivity index (χ1n) is 5.33. The number of methoxy groups -OCH3 is 1. The van der Waals surface area contributed by atoms with Gasteiger partial charge in [-0.25, -0.2) is 0 Å². The summed E-state index contributed by atoms with van der Waals surface area (Å²) in [5.74, 6) is 0. The van der Waals surface area contributed by atoms with Gasteiger partial charge in [-0.1, -0.05) is 0 Å². The average molecular weight is 395 g/mol. The quantitative estimate of drug-likeness (QED) is 0.847. The summed E-state index contributed by atoms with van der Waals surface area (Å²) in [6, 6.07) is 1.80. The van der Waals surface area contributed by atoms with Crippen molar-refractivity contribution in [2.45, 2.75) is 12.6 Å². The normalized spacial score (nSPS) is 12.9. The van der Waals surface area contributed by atoms with Crippen molar-refractivity contribution in [1.29, 1.82) is 0 Å². The summed E-state index contributed by atoms with van der Waals surface area (Å²) in [5.41, 5.74) is 7.30. The molecule has 2 aromatic heterocycles. The second-order valence-electron chi connectivity index (χ2n) is 3.70. The van der Waals surface area contributed by atoms with Crippen molar-refractivity contribution in [2.75, 3.05) is 13.7 Å². The van der Waals surface area contributed by atoms with Crippen molar-refractivity contribution in [1.82, 2.24) is 9.78 Å². The molecule has 0 spiro atoms. The largest absolute Gasteiger partial charge is 0.383 e. The smallest absolute Gasteiger partial charge is 0.0839 e. The van der Waals surface area contributed by atoms with Crippen LogP contribution >= 0.6 is 43.2 Å². The van der Waals surface area contributed by atoms with Gasteiger partial charge in [0, 0.05) is 16.5 Å². The van der Waals surface area contributed by atoms with E-state index in [-0.39, 0.29) is 6.04 Å². The third-order valence-electron chi connectivity index (χ3n) is 2.56. The number of halogens is 2. The van der Waals surface area contributed by atoms with Gasteiger partial charge in [0.05, 0.1) is 35.6 Å². The van der Waals surface area contributed by atoms with Crippen LogP contribution in [-0.2, 0) is 11.3 Å². The van der Waals surface area contributed by atoms with Crippen LogP contribution in [0.2, 0.25) is 0 Å². The standard InChI is InChI=1S/C11H13Br2N3OS/c1-17-4-3-16-10(8(13)6-15-16)9(14)11-7(12)2-5-18-11/h2,5-6,9H,3-4,14H2,1H3.